The summed E-state index contributed by atoms with van der Waals surface area (Å²) in [4.78, 5) is 16.4. The third kappa shape index (κ3) is 4.69. The summed E-state index contributed by atoms with van der Waals surface area (Å²) < 4.78 is 0. The number of piperazine rings is 1. The number of halogens is 3. The van der Waals surface area contributed by atoms with Gasteiger partial charge in [0.05, 0.1) is 10.0 Å². The van der Waals surface area contributed by atoms with Gasteiger partial charge in [-0.2, -0.15) is 0 Å². The van der Waals surface area contributed by atoms with Crippen LogP contribution in [0.3, 0.4) is 0 Å². The van der Waals surface area contributed by atoms with E-state index in [0.717, 1.165) is 24.3 Å². The molecular weight excluding hydrogens is 379 g/mol. The number of carbonyl (C=O) groups is 1. The number of hydrogen-bond acceptors (Lipinski definition) is 2. The third-order valence-electron chi connectivity index (χ3n) is 4.15. The molecule has 1 amide bonds. The van der Waals surface area contributed by atoms with Crippen LogP contribution in [-0.4, -0.2) is 37.0 Å². The molecule has 0 aromatic heterocycles. The Kier molecular flexibility index (Phi) is 5.89. The van der Waals surface area contributed by atoms with Crippen molar-refractivity contribution in [1.82, 2.24) is 4.90 Å². The first-order valence-electron chi connectivity index (χ1n) is 7.95. The highest BCUT2D eigenvalue weighted by atomic mass is 35.5. The maximum Gasteiger partial charge on any atom is 0.246 e. The smallest absolute Gasteiger partial charge is 0.246 e. The number of anilines is 1. The van der Waals surface area contributed by atoms with Gasteiger partial charge in [-0.15, -0.1) is 0 Å². The first kappa shape index (κ1) is 18.1. The first-order valence-corrected chi connectivity index (χ1v) is 9.09. The Morgan fingerprint density at radius 3 is 2.20 bits per heavy atom. The van der Waals surface area contributed by atoms with E-state index in [0.29, 0.717) is 28.2 Å². The van der Waals surface area contributed by atoms with E-state index in [1.165, 1.54) is 0 Å². The molecule has 0 bridgehead atoms. The second-order valence-electron chi connectivity index (χ2n) is 5.80. The number of benzene rings is 2. The van der Waals surface area contributed by atoms with E-state index in [1.807, 2.05) is 47.4 Å². The second-order valence-corrected chi connectivity index (χ2v) is 7.05. The summed E-state index contributed by atoms with van der Waals surface area (Å²) in [6.07, 6.45) is 3.42. The predicted octanol–water partition coefficient (Wildman–Crippen LogP) is 5.01. The van der Waals surface area contributed by atoms with Gasteiger partial charge >= 0.3 is 0 Å². The zero-order valence-electron chi connectivity index (χ0n) is 13.5. The first-order chi connectivity index (χ1) is 12.0. The Labute approximate surface area is 162 Å². The lowest BCUT2D eigenvalue weighted by atomic mass is 10.2. The summed E-state index contributed by atoms with van der Waals surface area (Å²) in [6.45, 7) is 2.87. The van der Waals surface area contributed by atoms with Crippen LogP contribution in [-0.2, 0) is 4.79 Å². The van der Waals surface area contributed by atoms with E-state index >= 15 is 0 Å². The molecule has 1 aliphatic heterocycles. The number of rotatable bonds is 3. The Morgan fingerprint density at radius 2 is 1.56 bits per heavy atom. The van der Waals surface area contributed by atoms with Gasteiger partial charge in [0.2, 0.25) is 5.91 Å². The monoisotopic (exact) mass is 394 g/mol. The normalized spacial score (nSPS) is 15.0. The minimum absolute atomic E-state index is 0.0174. The molecule has 1 saturated heterocycles. The molecule has 1 fully saturated rings. The molecule has 2 aromatic rings. The summed E-state index contributed by atoms with van der Waals surface area (Å²) in [6, 6.07) is 13.0. The van der Waals surface area contributed by atoms with E-state index in [9.17, 15) is 4.79 Å². The van der Waals surface area contributed by atoms with E-state index in [4.69, 9.17) is 34.8 Å². The van der Waals surface area contributed by atoms with Crippen molar-refractivity contribution in [1.29, 1.82) is 0 Å². The van der Waals surface area contributed by atoms with Crippen LogP contribution in [0.5, 0.6) is 0 Å². The van der Waals surface area contributed by atoms with Crippen molar-refractivity contribution in [3.05, 3.63) is 69.2 Å². The molecule has 130 valence electrons. The summed E-state index contributed by atoms with van der Waals surface area (Å²) in [5.41, 5.74) is 1.98. The fourth-order valence-electron chi connectivity index (χ4n) is 2.71. The molecule has 0 atom stereocenters. The summed E-state index contributed by atoms with van der Waals surface area (Å²) in [7, 11) is 0. The summed E-state index contributed by atoms with van der Waals surface area (Å²) >= 11 is 17.9. The van der Waals surface area contributed by atoms with Crippen LogP contribution in [0.4, 0.5) is 5.69 Å². The Bertz CT molecular complexity index is 782. The van der Waals surface area contributed by atoms with Crippen LogP contribution in [0.25, 0.3) is 6.08 Å². The van der Waals surface area contributed by atoms with Crippen LogP contribution >= 0.6 is 34.8 Å². The quantitative estimate of drug-likeness (QED) is 0.682. The van der Waals surface area contributed by atoms with Gasteiger partial charge in [-0.05, 0) is 42.0 Å². The minimum Gasteiger partial charge on any atom is -0.368 e. The Morgan fingerprint density at radius 1 is 0.880 bits per heavy atom. The van der Waals surface area contributed by atoms with Crippen LogP contribution in [0.1, 0.15) is 5.56 Å². The van der Waals surface area contributed by atoms with Gasteiger partial charge in [0.15, 0.2) is 0 Å². The number of amides is 1. The Hall–Kier alpha value is -1.68. The lowest BCUT2D eigenvalue weighted by Crippen LogP contribution is -2.48. The molecule has 3 rings (SSSR count). The van der Waals surface area contributed by atoms with Crippen molar-refractivity contribution in [3.8, 4) is 0 Å². The maximum atomic E-state index is 12.3. The molecule has 6 heteroatoms. The van der Waals surface area contributed by atoms with E-state index in [-0.39, 0.29) is 5.91 Å². The minimum atomic E-state index is 0.0174. The van der Waals surface area contributed by atoms with Gasteiger partial charge in [0.1, 0.15) is 0 Å². The lowest BCUT2D eigenvalue weighted by Gasteiger charge is -2.35. The third-order valence-corrected chi connectivity index (χ3v) is 5.14. The van der Waals surface area contributed by atoms with Crippen LogP contribution in [0.2, 0.25) is 15.1 Å². The van der Waals surface area contributed by atoms with Gasteiger partial charge in [0.25, 0.3) is 0 Å². The predicted molar refractivity (Wildman–Crippen MR) is 106 cm³/mol. The maximum absolute atomic E-state index is 12.3. The molecule has 25 heavy (non-hydrogen) atoms. The SMILES string of the molecule is O=C(/C=C\c1ccc(Cl)cc1)N1CCN(c2ccc(Cl)c(Cl)c2)CC1. The molecule has 1 heterocycles. The Balaban J connectivity index is 1.57. The largest absolute Gasteiger partial charge is 0.368 e. The molecule has 1 aliphatic rings. The highest BCUT2D eigenvalue weighted by Crippen LogP contribution is 2.27. The highest BCUT2D eigenvalue weighted by Gasteiger charge is 2.20. The molecule has 2 aromatic carbocycles. The molecule has 0 N–H and O–H groups in total. The van der Waals surface area contributed by atoms with Gasteiger partial charge < -0.3 is 9.80 Å². The average molecular weight is 396 g/mol. The van der Waals surface area contributed by atoms with E-state index < -0.39 is 0 Å². The number of carbonyl (C=O) groups excluding carboxylic acids is 1. The van der Waals surface area contributed by atoms with Crippen LogP contribution in [0, 0.1) is 0 Å². The van der Waals surface area contributed by atoms with Gasteiger partial charge in [-0.25, -0.2) is 0 Å². The van der Waals surface area contributed by atoms with Crippen LogP contribution in [0.15, 0.2) is 48.5 Å². The molecule has 0 aliphatic carbocycles. The highest BCUT2D eigenvalue weighted by molar-refractivity contribution is 6.42. The van der Waals surface area contributed by atoms with Crippen molar-refractivity contribution in [2.75, 3.05) is 31.1 Å². The zero-order chi connectivity index (χ0) is 17.8. The van der Waals surface area contributed by atoms with Gasteiger partial charge in [-0.1, -0.05) is 46.9 Å². The van der Waals surface area contributed by atoms with Crippen molar-refractivity contribution in [3.63, 3.8) is 0 Å². The van der Waals surface area contributed by atoms with Gasteiger partial charge in [0, 0.05) is 43.0 Å². The molecule has 0 radical (unpaired) electrons. The molecule has 0 saturated carbocycles. The average Bonchev–Trinajstić information content (AvgIpc) is 2.63. The fraction of sp³-hybridized carbons (Fsp3) is 0.211. The molecular formula is C19H17Cl3N2O. The van der Waals surface area contributed by atoms with Crippen LogP contribution < -0.4 is 4.90 Å². The van der Waals surface area contributed by atoms with Crippen molar-refractivity contribution in [2.24, 2.45) is 0 Å². The lowest BCUT2D eigenvalue weighted by molar-refractivity contribution is -0.126. The number of hydrogen-bond donors (Lipinski definition) is 0. The zero-order valence-corrected chi connectivity index (χ0v) is 15.7. The fourth-order valence-corrected chi connectivity index (χ4v) is 3.13. The van der Waals surface area contributed by atoms with Crippen molar-refractivity contribution >= 4 is 52.5 Å². The van der Waals surface area contributed by atoms with E-state index in [2.05, 4.69) is 4.90 Å². The topological polar surface area (TPSA) is 23.6 Å². The van der Waals surface area contributed by atoms with Gasteiger partial charge in [-0.3, -0.25) is 4.79 Å². The molecule has 3 nitrogen and oxygen atoms in total. The summed E-state index contributed by atoms with van der Waals surface area (Å²) in [5.74, 6) is 0.0174. The standard InChI is InChI=1S/C19H17Cl3N2O/c20-15-4-1-14(2-5-15)3-8-19(25)24-11-9-23(10-12-24)16-6-7-17(21)18(22)13-16/h1-8,13H,9-12H2/b8-3-. The van der Waals surface area contributed by atoms with Crippen molar-refractivity contribution in [2.45, 2.75) is 0 Å². The number of nitrogens with zero attached hydrogens (tertiary/aromatic N) is 2. The van der Waals surface area contributed by atoms with Crippen molar-refractivity contribution < 1.29 is 4.79 Å². The van der Waals surface area contributed by atoms with E-state index in [1.54, 1.807) is 12.1 Å². The molecule has 0 unspecified atom stereocenters. The summed E-state index contributed by atoms with van der Waals surface area (Å²) in [5, 5.41) is 1.78. The molecule has 0 spiro atoms. The second kappa shape index (κ2) is 8.13.